The van der Waals surface area contributed by atoms with Gasteiger partial charge in [0.05, 0.1) is 12.7 Å². The summed E-state index contributed by atoms with van der Waals surface area (Å²) in [5.74, 6) is 1.11. The zero-order valence-corrected chi connectivity index (χ0v) is 12.3. The van der Waals surface area contributed by atoms with E-state index in [1.54, 1.807) is 0 Å². The summed E-state index contributed by atoms with van der Waals surface area (Å²) in [6.45, 7) is 11.0. The Morgan fingerprint density at radius 2 is 2.32 bits per heavy atom. The first-order chi connectivity index (χ1) is 9.24. The first-order valence-corrected chi connectivity index (χ1v) is 7.27. The van der Waals surface area contributed by atoms with Gasteiger partial charge in [0.1, 0.15) is 5.82 Å². The van der Waals surface area contributed by atoms with E-state index in [1.807, 2.05) is 6.20 Å². The molecule has 1 aromatic heterocycles. The van der Waals surface area contributed by atoms with Crippen LogP contribution in [0.4, 0.5) is 5.82 Å². The largest absolute Gasteiger partial charge is 0.375 e. The van der Waals surface area contributed by atoms with Crippen LogP contribution in [0.5, 0.6) is 0 Å². The highest BCUT2D eigenvalue weighted by atomic mass is 16.5. The van der Waals surface area contributed by atoms with Crippen LogP contribution in [0.1, 0.15) is 31.4 Å². The number of ether oxygens (including phenoxy) is 1. The number of nitrogens with zero attached hydrogens (tertiary/aromatic N) is 2. The van der Waals surface area contributed by atoms with Crippen LogP contribution in [0, 0.1) is 6.92 Å². The zero-order valence-electron chi connectivity index (χ0n) is 12.3. The minimum Gasteiger partial charge on any atom is -0.375 e. The standard InChI is InChI=1S/C15H25N3O/c1-4-14-11-18(6-7-19-14)15-12(3)8-13(10-17-15)9-16-5-2/h8,10,14,16H,4-7,9,11H2,1-3H3. The third-order valence-electron chi connectivity index (χ3n) is 3.58. The van der Waals surface area contributed by atoms with Crippen molar-refractivity contribution >= 4 is 5.82 Å². The molecule has 0 saturated carbocycles. The third-order valence-corrected chi connectivity index (χ3v) is 3.58. The van der Waals surface area contributed by atoms with E-state index in [4.69, 9.17) is 4.74 Å². The van der Waals surface area contributed by atoms with Crippen LogP contribution in [0.25, 0.3) is 0 Å². The second-order valence-corrected chi connectivity index (χ2v) is 5.11. The van der Waals surface area contributed by atoms with Crippen LogP contribution in [0.15, 0.2) is 12.3 Å². The molecule has 1 aromatic rings. The monoisotopic (exact) mass is 263 g/mol. The molecule has 2 rings (SSSR count). The second-order valence-electron chi connectivity index (χ2n) is 5.11. The summed E-state index contributed by atoms with van der Waals surface area (Å²) in [5.41, 5.74) is 2.51. The van der Waals surface area contributed by atoms with E-state index in [0.717, 1.165) is 45.0 Å². The Hall–Kier alpha value is -1.13. The van der Waals surface area contributed by atoms with Crippen molar-refractivity contribution in [2.45, 2.75) is 39.8 Å². The van der Waals surface area contributed by atoms with Crippen LogP contribution >= 0.6 is 0 Å². The summed E-state index contributed by atoms with van der Waals surface area (Å²) in [6, 6.07) is 2.24. The molecular formula is C15H25N3O. The number of nitrogens with one attached hydrogen (secondary N) is 1. The molecule has 0 aromatic carbocycles. The van der Waals surface area contributed by atoms with E-state index in [-0.39, 0.29) is 0 Å². The van der Waals surface area contributed by atoms with Gasteiger partial charge in [-0.2, -0.15) is 0 Å². The van der Waals surface area contributed by atoms with Gasteiger partial charge in [-0.05, 0) is 37.1 Å². The van der Waals surface area contributed by atoms with Gasteiger partial charge in [-0.25, -0.2) is 4.98 Å². The number of hydrogen-bond acceptors (Lipinski definition) is 4. The molecule has 1 N–H and O–H groups in total. The van der Waals surface area contributed by atoms with E-state index >= 15 is 0 Å². The fourth-order valence-corrected chi connectivity index (χ4v) is 2.48. The molecule has 106 valence electrons. The SMILES string of the molecule is CCNCc1cnc(N2CCOC(CC)C2)c(C)c1. The van der Waals surface area contributed by atoms with E-state index in [0.29, 0.717) is 6.10 Å². The molecule has 0 amide bonds. The lowest BCUT2D eigenvalue weighted by molar-refractivity contribution is 0.0381. The van der Waals surface area contributed by atoms with E-state index in [2.05, 4.69) is 42.0 Å². The van der Waals surface area contributed by atoms with Gasteiger partial charge in [0.2, 0.25) is 0 Å². The first-order valence-electron chi connectivity index (χ1n) is 7.27. The predicted octanol–water partition coefficient (Wildman–Crippen LogP) is 2.11. The molecule has 2 heterocycles. The molecule has 1 atom stereocenters. The van der Waals surface area contributed by atoms with Crippen molar-refractivity contribution in [2.75, 3.05) is 31.1 Å². The Kier molecular flexibility index (Phi) is 5.16. The van der Waals surface area contributed by atoms with Crippen LogP contribution < -0.4 is 10.2 Å². The van der Waals surface area contributed by atoms with E-state index < -0.39 is 0 Å². The van der Waals surface area contributed by atoms with E-state index in [9.17, 15) is 0 Å². The molecule has 1 fully saturated rings. The Morgan fingerprint density at radius 1 is 1.47 bits per heavy atom. The maximum Gasteiger partial charge on any atom is 0.131 e. The molecule has 19 heavy (non-hydrogen) atoms. The lowest BCUT2D eigenvalue weighted by Gasteiger charge is -2.34. The molecular weight excluding hydrogens is 238 g/mol. The lowest BCUT2D eigenvalue weighted by atomic mass is 10.1. The van der Waals surface area contributed by atoms with Crippen molar-refractivity contribution in [1.29, 1.82) is 0 Å². The molecule has 0 radical (unpaired) electrons. The number of aromatic nitrogens is 1. The van der Waals surface area contributed by atoms with Gasteiger partial charge in [0.15, 0.2) is 0 Å². The first kappa shape index (κ1) is 14.3. The summed E-state index contributed by atoms with van der Waals surface area (Å²) >= 11 is 0. The molecule has 4 heteroatoms. The topological polar surface area (TPSA) is 37.4 Å². The minimum atomic E-state index is 0.344. The summed E-state index contributed by atoms with van der Waals surface area (Å²) in [4.78, 5) is 7.01. The zero-order chi connectivity index (χ0) is 13.7. The Labute approximate surface area is 116 Å². The highest BCUT2D eigenvalue weighted by Crippen LogP contribution is 2.21. The minimum absolute atomic E-state index is 0.344. The van der Waals surface area contributed by atoms with Crippen molar-refractivity contribution in [2.24, 2.45) is 0 Å². The number of aryl methyl sites for hydroxylation is 1. The van der Waals surface area contributed by atoms with Gasteiger partial charge < -0.3 is 15.0 Å². The van der Waals surface area contributed by atoms with Crippen LogP contribution in [0.3, 0.4) is 0 Å². The number of rotatable bonds is 5. The van der Waals surface area contributed by atoms with E-state index in [1.165, 1.54) is 11.1 Å². The molecule has 1 aliphatic rings. The average Bonchev–Trinajstić information content (AvgIpc) is 2.45. The number of hydrogen-bond donors (Lipinski definition) is 1. The number of morpholine rings is 1. The van der Waals surface area contributed by atoms with Gasteiger partial charge in [-0.3, -0.25) is 0 Å². The third kappa shape index (κ3) is 3.67. The van der Waals surface area contributed by atoms with Gasteiger partial charge in [-0.15, -0.1) is 0 Å². The molecule has 0 spiro atoms. The van der Waals surface area contributed by atoms with Crippen molar-refractivity contribution in [3.63, 3.8) is 0 Å². The van der Waals surface area contributed by atoms with Gasteiger partial charge in [0.25, 0.3) is 0 Å². The fourth-order valence-electron chi connectivity index (χ4n) is 2.48. The number of anilines is 1. The molecule has 4 nitrogen and oxygen atoms in total. The maximum absolute atomic E-state index is 5.72. The Bertz CT molecular complexity index is 408. The molecule has 1 unspecified atom stereocenters. The summed E-state index contributed by atoms with van der Waals surface area (Å²) in [5, 5.41) is 3.33. The van der Waals surface area contributed by atoms with Crippen molar-refractivity contribution in [1.82, 2.24) is 10.3 Å². The van der Waals surface area contributed by atoms with Gasteiger partial charge in [0, 0.05) is 25.8 Å². The normalized spacial score (nSPS) is 19.7. The predicted molar refractivity (Wildman–Crippen MR) is 78.6 cm³/mol. The average molecular weight is 263 g/mol. The van der Waals surface area contributed by atoms with Crippen molar-refractivity contribution in [3.8, 4) is 0 Å². The number of pyridine rings is 1. The quantitative estimate of drug-likeness (QED) is 0.883. The van der Waals surface area contributed by atoms with Gasteiger partial charge >= 0.3 is 0 Å². The van der Waals surface area contributed by atoms with Crippen LogP contribution in [-0.4, -0.2) is 37.3 Å². The van der Waals surface area contributed by atoms with Crippen molar-refractivity contribution < 1.29 is 4.74 Å². The molecule has 1 aliphatic heterocycles. The highest BCUT2D eigenvalue weighted by molar-refractivity contribution is 5.47. The van der Waals surface area contributed by atoms with Crippen molar-refractivity contribution in [3.05, 3.63) is 23.4 Å². The second kappa shape index (κ2) is 6.87. The van der Waals surface area contributed by atoms with Crippen LogP contribution in [0.2, 0.25) is 0 Å². The lowest BCUT2D eigenvalue weighted by Crippen LogP contribution is -2.42. The maximum atomic E-state index is 5.72. The molecule has 0 bridgehead atoms. The smallest absolute Gasteiger partial charge is 0.131 e. The Balaban J connectivity index is 2.07. The van der Waals surface area contributed by atoms with Gasteiger partial charge in [-0.1, -0.05) is 13.8 Å². The summed E-state index contributed by atoms with van der Waals surface area (Å²) in [6.07, 6.45) is 3.39. The fraction of sp³-hybridized carbons (Fsp3) is 0.667. The Morgan fingerprint density at radius 3 is 3.00 bits per heavy atom. The molecule has 0 aliphatic carbocycles. The molecule has 1 saturated heterocycles. The highest BCUT2D eigenvalue weighted by Gasteiger charge is 2.21. The summed E-state index contributed by atoms with van der Waals surface area (Å²) in [7, 11) is 0. The summed E-state index contributed by atoms with van der Waals surface area (Å²) < 4.78 is 5.72. The van der Waals surface area contributed by atoms with Crippen LogP contribution in [-0.2, 0) is 11.3 Å².